The first-order valence-corrected chi connectivity index (χ1v) is 14.9. The van der Waals surface area contributed by atoms with Crippen molar-refractivity contribution in [1.82, 2.24) is 0 Å². The zero-order chi connectivity index (χ0) is 30.2. The maximum absolute atomic E-state index is 12.0. The summed E-state index contributed by atoms with van der Waals surface area (Å²) in [5, 5.41) is 9.71. The second-order valence-electron chi connectivity index (χ2n) is 9.31. The predicted octanol–water partition coefficient (Wildman–Crippen LogP) is 8.20. The standard InChI is InChI=1S/C20H23ClO3.C13H17ClO3/c1-3-17-12-18(15(2)22)20(13-19(17)23-11-7-10-21)24-14-16-8-5-4-6-9-16;1-3-10-7-11(9(2)15)12(16)8-13(10)17-6-4-5-14/h4-6,8-9,12-13H,3,7,10-11,14H2,1-2H3;7-8,16H,3-6H2,1-2H3. The van der Waals surface area contributed by atoms with Crippen LogP contribution in [-0.4, -0.2) is 41.6 Å². The van der Waals surface area contributed by atoms with Crippen LogP contribution >= 0.6 is 23.2 Å². The molecule has 3 aromatic carbocycles. The van der Waals surface area contributed by atoms with Crippen molar-refractivity contribution in [1.29, 1.82) is 0 Å². The lowest BCUT2D eigenvalue weighted by Crippen LogP contribution is -2.06. The van der Waals surface area contributed by atoms with Gasteiger partial charge < -0.3 is 19.3 Å². The molecule has 0 aliphatic carbocycles. The average Bonchev–Trinajstić information content (AvgIpc) is 2.97. The molecule has 0 atom stereocenters. The fourth-order valence-electron chi connectivity index (χ4n) is 3.93. The minimum Gasteiger partial charge on any atom is -0.507 e. The molecule has 6 nitrogen and oxygen atoms in total. The number of aromatic hydroxyl groups is 1. The highest BCUT2D eigenvalue weighted by Gasteiger charge is 2.15. The molecule has 0 radical (unpaired) electrons. The summed E-state index contributed by atoms with van der Waals surface area (Å²) in [5.41, 5.74) is 3.90. The van der Waals surface area contributed by atoms with Crippen LogP contribution in [-0.2, 0) is 19.4 Å². The highest BCUT2D eigenvalue weighted by Crippen LogP contribution is 2.31. The second-order valence-corrected chi connectivity index (χ2v) is 10.1. The number of phenols is 1. The van der Waals surface area contributed by atoms with Crippen molar-refractivity contribution in [3.05, 3.63) is 82.4 Å². The first-order valence-electron chi connectivity index (χ1n) is 13.8. The van der Waals surface area contributed by atoms with E-state index < -0.39 is 0 Å². The molecule has 0 unspecified atom stereocenters. The lowest BCUT2D eigenvalue weighted by atomic mass is 10.0. The van der Waals surface area contributed by atoms with Crippen LogP contribution in [0.2, 0.25) is 0 Å². The Bertz CT molecular complexity index is 1260. The molecule has 0 heterocycles. The summed E-state index contributed by atoms with van der Waals surface area (Å²) in [6.07, 6.45) is 3.06. The van der Waals surface area contributed by atoms with Gasteiger partial charge in [0.25, 0.3) is 0 Å². The van der Waals surface area contributed by atoms with Gasteiger partial charge in [0.1, 0.15) is 29.6 Å². The Labute approximate surface area is 253 Å². The summed E-state index contributed by atoms with van der Waals surface area (Å²) >= 11 is 11.3. The van der Waals surface area contributed by atoms with Crippen LogP contribution in [0.3, 0.4) is 0 Å². The number of carbonyl (C=O) groups excluding carboxylic acids is 2. The Morgan fingerprint density at radius 3 is 1.71 bits per heavy atom. The number of hydrogen-bond acceptors (Lipinski definition) is 6. The number of hydrogen-bond donors (Lipinski definition) is 1. The van der Waals surface area contributed by atoms with Crippen LogP contribution in [0, 0.1) is 0 Å². The van der Waals surface area contributed by atoms with E-state index in [1.165, 1.54) is 13.0 Å². The van der Waals surface area contributed by atoms with E-state index in [0.717, 1.165) is 48.1 Å². The molecule has 8 heteroatoms. The SMILES string of the molecule is CCc1cc(C(C)=O)c(O)cc1OCCCCl.CCc1cc(C(C)=O)c(OCc2ccccc2)cc1OCCCCl. The van der Waals surface area contributed by atoms with Gasteiger partial charge in [-0.1, -0.05) is 44.2 Å². The number of carbonyl (C=O) groups is 2. The predicted molar refractivity (Wildman–Crippen MR) is 166 cm³/mol. The number of Topliss-reactive ketones (excluding diaryl/α,β-unsaturated/α-hetero) is 2. The average molecular weight is 604 g/mol. The number of halogens is 2. The number of ketones is 2. The van der Waals surface area contributed by atoms with E-state index in [9.17, 15) is 14.7 Å². The Morgan fingerprint density at radius 2 is 1.22 bits per heavy atom. The van der Waals surface area contributed by atoms with E-state index in [2.05, 4.69) is 0 Å². The molecule has 0 saturated carbocycles. The van der Waals surface area contributed by atoms with Crippen molar-refractivity contribution in [2.45, 2.75) is 60.0 Å². The van der Waals surface area contributed by atoms with Gasteiger partial charge in [-0.2, -0.15) is 0 Å². The molecule has 0 saturated heterocycles. The van der Waals surface area contributed by atoms with Crippen molar-refractivity contribution in [3.8, 4) is 23.0 Å². The van der Waals surface area contributed by atoms with Gasteiger partial charge in [0.15, 0.2) is 11.6 Å². The van der Waals surface area contributed by atoms with Gasteiger partial charge in [0, 0.05) is 23.9 Å². The molecule has 222 valence electrons. The highest BCUT2D eigenvalue weighted by atomic mass is 35.5. The van der Waals surface area contributed by atoms with Crippen molar-refractivity contribution in [2.75, 3.05) is 25.0 Å². The molecule has 41 heavy (non-hydrogen) atoms. The van der Waals surface area contributed by atoms with Crippen LogP contribution in [0.4, 0.5) is 0 Å². The van der Waals surface area contributed by atoms with E-state index in [-0.39, 0.29) is 17.3 Å². The maximum Gasteiger partial charge on any atom is 0.163 e. The number of aryl methyl sites for hydroxylation is 2. The normalized spacial score (nSPS) is 10.4. The van der Waals surface area contributed by atoms with Gasteiger partial charge in [-0.25, -0.2) is 0 Å². The topological polar surface area (TPSA) is 82.1 Å². The molecule has 0 aromatic heterocycles. The summed E-state index contributed by atoms with van der Waals surface area (Å²) in [7, 11) is 0. The van der Waals surface area contributed by atoms with Crippen LogP contribution in [0.15, 0.2) is 54.6 Å². The molecule has 3 aromatic rings. The first-order chi connectivity index (χ1) is 19.7. The highest BCUT2D eigenvalue weighted by molar-refractivity contribution is 6.18. The molecule has 0 spiro atoms. The smallest absolute Gasteiger partial charge is 0.163 e. The summed E-state index contributed by atoms with van der Waals surface area (Å²) < 4.78 is 17.3. The largest absolute Gasteiger partial charge is 0.507 e. The summed E-state index contributed by atoms with van der Waals surface area (Å²) in [5.74, 6) is 2.85. The van der Waals surface area contributed by atoms with Gasteiger partial charge in [-0.15, -0.1) is 23.2 Å². The molecule has 0 amide bonds. The van der Waals surface area contributed by atoms with E-state index in [1.807, 2.05) is 56.3 Å². The first kappa shape index (κ1) is 34.0. The van der Waals surface area contributed by atoms with Gasteiger partial charge in [-0.3, -0.25) is 9.59 Å². The molecule has 1 N–H and O–H groups in total. The van der Waals surface area contributed by atoms with Crippen LogP contribution in [0.25, 0.3) is 0 Å². The monoisotopic (exact) mass is 602 g/mol. The van der Waals surface area contributed by atoms with Crippen LogP contribution < -0.4 is 14.2 Å². The molecule has 0 aliphatic heterocycles. The van der Waals surface area contributed by atoms with Crippen molar-refractivity contribution in [3.63, 3.8) is 0 Å². The summed E-state index contributed by atoms with van der Waals surface area (Å²) in [6.45, 7) is 8.47. The number of ether oxygens (including phenoxy) is 3. The van der Waals surface area contributed by atoms with Gasteiger partial charge in [0.05, 0.1) is 24.3 Å². The Morgan fingerprint density at radius 1 is 0.707 bits per heavy atom. The van der Waals surface area contributed by atoms with Crippen LogP contribution in [0.5, 0.6) is 23.0 Å². The van der Waals surface area contributed by atoms with E-state index in [1.54, 1.807) is 13.0 Å². The van der Waals surface area contributed by atoms with Gasteiger partial charge >= 0.3 is 0 Å². The third kappa shape index (κ3) is 10.9. The van der Waals surface area contributed by atoms with Gasteiger partial charge in [0.2, 0.25) is 0 Å². The number of rotatable bonds is 15. The van der Waals surface area contributed by atoms with Crippen molar-refractivity contribution < 1.29 is 28.9 Å². The second kappa shape index (κ2) is 18.3. The lowest BCUT2D eigenvalue weighted by Gasteiger charge is -2.16. The molecular formula is C33H40Cl2O6. The molecule has 3 rings (SSSR count). The summed E-state index contributed by atoms with van der Waals surface area (Å²) in [6, 6.07) is 16.8. The van der Waals surface area contributed by atoms with Gasteiger partial charge in [-0.05, 0) is 68.4 Å². The van der Waals surface area contributed by atoms with Crippen molar-refractivity contribution in [2.24, 2.45) is 0 Å². The molecule has 0 bridgehead atoms. The minimum atomic E-state index is -0.149. The quantitative estimate of drug-likeness (QED) is 0.107. The third-order valence-electron chi connectivity index (χ3n) is 6.17. The maximum atomic E-state index is 12.0. The lowest BCUT2D eigenvalue weighted by molar-refractivity contribution is 0.100. The number of phenolic OH excluding ortho intramolecular Hbond substituents is 1. The Kier molecular flexibility index (Phi) is 15.1. The summed E-state index contributed by atoms with van der Waals surface area (Å²) in [4.78, 5) is 23.3. The zero-order valence-electron chi connectivity index (χ0n) is 24.3. The third-order valence-corrected chi connectivity index (χ3v) is 6.70. The molecular weight excluding hydrogens is 563 g/mol. The fraction of sp³-hybridized carbons (Fsp3) is 0.394. The minimum absolute atomic E-state index is 0.0138. The number of alkyl halides is 2. The molecule has 0 aliphatic rings. The molecule has 0 fully saturated rings. The Hall–Kier alpha value is -3.22. The van der Waals surface area contributed by atoms with Crippen LogP contribution in [0.1, 0.15) is 77.9 Å². The fourth-order valence-corrected chi connectivity index (χ4v) is 4.14. The Balaban J connectivity index is 0.000000305. The van der Waals surface area contributed by atoms with E-state index >= 15 is 0 Å². The van der Waals surface area contributed by atoms with E-state index in [4.69, 9.17) is 37.4 Å². The van der Waals surface area contributed by atoms with Crippen molar-refractivity contribution >= 4 is 34.8 Å². The van der Waals surface area contributed by atoms with E-state index in [0.29, 0.717) is 54.2 Å². The number of benzene rings is 3. The zero-order valence-corrected chi connectivity index (χ0v) is 25.8.